The fraction of sp³-hybridized carbons (Fsp3) is 0.444. The summed E-state index contributed by atoms with van der Waals surface area (Å²) in [6, 6.07) is 0.0893. The van der Waals surface area contributed by atoms with Gasteiger partial charge in [-0.05, 0) is 5.57 Å². The number of hydrogen-bond donors (Lipinski definition) is 2. The second kappa shape index (κ2) is 4.08. The predicted octanol–water partition coefficient (Wildman–Crippen LogP) is 0.466. The number of nitrogens with zero attached hydrogens (tertiary/aromatic N) is 1. The van der Waals surface area contributed by atoms with Gasteiger partial charge in [-0.25, -0.2) is 4.98 Å². The van der Waals surface area contributed by atoms with Gasteiger partial charge >= 0.3 is 0 Å². The number of nitrogens with two attached hydrogens (primary N) is 1. The van der Waals surface area contributed by atoms with Crippen LogP contribution in [0.1, 0.15) is 5.69 Å². The molecule has 0 aliphatic carbocycles. The number of nitrogens with one attached hydrogen (secondary N) is 1. The van der Waals surface area contributed by atoms with Crippen molar-refractivity contribution >= 4 is 16.9 Å². The molecule has 4 nitrogen and oxygen atoms in total. The van der Waals surface area contributed by atoms with Crippen molar-refractivity contribution in [2.45, 2.75) is 6.04 Å². The van der Waals surface area contributed by atoms with Crippen LogP contribution in [0.5, 0.6) is 5.19 Å². The maximum atomic E-state index is 5.81. The topological polar surface area (TPSA) is 60.2 Å². The van der Waals surface area contributed by atoms with Gasteiger partial charge in [-0.2, -0.15) is 0 Å². The maximum absolute atomic E-state index is 5.81. The van der Waals surface area contributed by atoms with E-state index < -0.39 is 0 Å². The minimum atomic E-state index is 0.0893. The van der Waals surface area contributed by atoms with Gasteiger partial charge < -0.3 is 15.8 Å². The fourth-order valence-electron chi connectivity index (χ4n) is 1.42. The van der Waals surface area contributed by atoms with Crippen LogP contribution < -0.4 is 15.8 Å². The highest BCUT2D eigenvalue weighted by Gasteiger charge is 2.13. The highest BCUT2D eigenvalue weighted by atomic mass is 32.1. The van der Waals surface area contributed by atoms with E-state index in [4.69, 9.17) is 10.5 Å². The van der Waals surface area contributed by atoms with Crippen LogP contribution in [-0.2, 0) is 0 Å². The van der Waals surface area contributed by atoms with Gasteiger partial charge in [0.05, 0.1) is 12.8 Å². The molecule has 1 atom stereocenters. The van der Waals surface area contributed by atoms with Crippen molar-refractivity contribution < 1.29 is 4.74 Å². The molecule has 14 heavy (non-hydrogen) atoms. The zero-order valence-electron chi connectivity index (χ0n) is 7.99. The Kier molecular flexibility index (Phi) is 2.81. The highest BCUT2D eigenvalue weighted by Crippen LogP contribution is 2.23. The lowest BCUT2D eigenvalue weighted by molar-refractivity contribution is 0.411. The first kappa shape index (κ1) is 9.64. The molecule has 0 bridgehead atoms. The number of hydrogen-bond acceptors (Lipinski definition) is 5. The summed E-state index contributed by atoms with van der Waals surface area (Å²) in [4.78, 5) is 4.32. The molecule has 2 rings (SSSR count). The Balaban J connectivity index is 2.21. The molecule has 0 saturated heterocycles. The van der Waals surface area contributed by atoms with Crippen molar-refractivity contribution in [2.75, 3.05) is 20.2 Å². The molecule has 0 aromatic carbocycles. The molecular weight excluding hydrogens is 198 g/mol. The zero-order chi connectivity index (χ0) is 9.97. The molecule has 1 aromatic rings. The van der Waals surface area contributed by atoms with E-state index in [9.17, 15) is 0 Å². The Hall–Kier alpha value is -0.910. The lowest BCUT2D eigenvalue weighted by Crippen LogP contribution is -2.37. The van der Waals surface area contributed by atoms with Crippen LogP contribution in [0.3, 0.4) is 0 Å². The Labute approximate surface area is 86.8 Å². The first-order chi connectivity index (χ1) is 6.79. The minimum Gasteiger partial charge on any atom is -0.473 e. The van der Waals surface area contributed by atoms with Crippen LogP contribution in [0.25, 0.3) is 5.57 Å². The van der Waals surface area contributed by atoms with Crippen molar-refractivity contribution in [3.63, 3.8) is 0 Å². The zero-order valence-corrected chi connectivity index (χ0v) is 8.80. The minimum absolute atomic E-state index is 0.0893. The summed E-state index contributed by atoms with van der Waals surface area (Å²) in [5, 5.41) is 5.93. The normalized spacial score (nSPS) is 21.9. The van der Waals surface area contributed by atoms with E-state index in [1.54, 1.807) is 7.11 Å². The van der Waals surface area contributed by atoms with E-state index in [2.05, 4.69) is 16.4 Å². The molecule has 2 heterocycles. The molecule has 3 N–H and O–H groups in total. The summed E-state index contributed by atoms with van der Waals surface area (Å²) in [5.41, 5.74) is 7.93. The maximum Gasteiger partial charge on any atom is 0.273 e. The third-order valence-corrected chi connectivity index (χ3v) is 2.90. The van der Waals surface area contributed by atoms with E-state index in [1.165, 1.54) is 11.3 Å². The van der Waals surface area contributed by atoms with Crippen molar-refractivity contribution in [3.8, 4) is 5.19 Å². The molecule has 5 heteroatoms. The molecule has 0 saturated carbocycles. The molecule has 1 aromatic heterocycles. The van der Waals surface area contributed by atoms with Crippen molar-refractivity contribution in [1.82, 2.24) is 10.3 Å². The molecule has 76 valence electrons. The van der Waals surface area contributed by atoms with E-state index in [0.29, 0.717) is 5.19 Å². The molecule has 0 radical (unpaired) electrons. The Morgan fingerprint density at radius 1 is 1.71 bits per heavy atom. The Morgan fingerprint density at radius 3 is 3.21 bits per heavy atom. The highest BCUT2D eigenvalue weighted by molar-refractivity contribution is 7.11. The second-order valence-corrected chi connectivity index (χ2v) is 4.01. The summed E-state index contributed by atoms with van der Waals surface area (Å²) in [6.45, 7) is 1.67. The van der Waals surface area contributed by atoms with Crippen LogP contribution in [0.2, 0.25) is 0 Å². The van der Waals surface area contributed by atoms with E-state index >= 15 is 0 Å². The summed E-state index contributed by atoms with van der Waals surface area (Å²) in [5.74, 6) is 0. The SMILES string of the molecule is COc1nc(C2=CC(N)CNC2)cs1. The average molecular weight is 211 g/mol. The third kappa shape index (κ3) is 1.95. The lowest BCUT2D eigenvalue weighted by Gasteiger charge is -2.17. The second-order valence-electron chi connectivity index (χ2n) is 3.19. The average Bonchev–Trinajstić information content (AvgIpc) is 2.66. The van der Waals surface area contributed by atoms with Gasteiger partial charge in [0.2, 0.25) is 0 Å². The van der Waals surface area contributed by atoms with Crippen LogP contribution in [0.4, 0.5) is 0 Å². The number of ether oxygens (including phenoxy) is 1. The molecule has 0 amide bonds. The fourth-order valence-corrected chi connectivity index (χ4v) is 2.09. The van der Waals surface area contributed by atoms with E-state index in [1.807, 2.05) is 5.38 Å². The summed E-state index contributed by atoms with van der Waals surface area (Å²) < 4.78 is 5.04. The molecule has 1 unspecified atom stereocenters. The van der Waals surface area contributed by atoms with E-state index in [0.717, 1.165) is 24.4 Å². The summed E-state index contributed by atoms with van der Waals surface area (Å²) in [7, 11) is 1.63. The molecule has 0 fully saturated rings. The molecular formula is C9H13N3OS. The monoisotopic (exact) mass is 211 g/mol. The van der Waals surface area contributed by atoms with Crippen molar-refractivity contribution in [3.05, 3.63) is 17.2 Å². The van der Waals surface area contributed by atoms with Gasteiger partial charge in [0.1, 0.15) is 0 Å². The Bertz CT molecular complexity index is 348. The molecule has 1 aliphatic rings. The van der Waals surface area contributed by atoms with Gasteiger partial charge in [0.25, 0.3) is 5.19 Å². The van der Waals surface area contributed by atoms with Gasteiger partial charge in [-0.15, -0.1) is 0 Å². The largest absolute Gasteiger partial charge is 0.473 e. The number of rotatable bonds is 2. The number of aromatic nitrogens is 1. The van der Waals surface area contributed by atoms with Crippen LogP contribution in [0, 0.1) is 0 Å². The number of methoxy groups -OCH3 is 1. The first-order valence-corrected chi connectivity index (χ1v) is 5.34. The van der Waals surface area contributed by atoms with Gasteiger partial charge in [-0.1, -0.05) is 17.4 Å². The Morgan fingerprint density at radius 2 is 2.57 bits per heavy atom. The van der Waals surface area contributed by atoms with Gasteiger partial charge in [0.15, 0.2) is 0 Å². The smallest absolute Gasteiger partial charge is 0.273 e. The summed E-state index contributed by atoms with van der Waals surface area (Å²) >= 11 is 1.50. The summed E-state index contributed by atoms with van der Waals surface area (Å²) in [6.07, 6.45) is 2.06. The van der Waals surface area contributed by atoms with Crippen molar-refractivity contribution in [2.24, 2.45) is 5.73 Å². The van der Waals surface area contributed by atoms with Gasteiger partial charge in [0, 0.05) is 24.5 Å². The van der Waals surface area contributed by atoms with E-state index in [-0.39, 0.29) is 6.04 Å². The first-order valence-electron chi connectivity index (χ1n) is 4.46. The predicted molar refractivity (Wildman–Crippen MR) is 57.5 cm³/mol. The van der Waals surface area contributed by atoms with Crippen molar-refractivity contribution in [1.29, 1.82) is 0 Å². The number of thiazole rings is 1. The van der Waals surface area contributed by atoms with Crippen LogP contribution >= 0.6 is 11.3 Å². The molecule has 1 aliphatic heterocycles. The lowest BCUT2D eigenvalue weighted by atomic mass is 10.1. The standard InChI is InChI=1S/C9H13N3OS/c1-13-9-12-8(5-14-9)6-2-7(10)4-11-3-6/h2,5,7,11H,3-4,10H2,1H3. The van der Waals surface area contributed by atoms with Crippen LogP contribution in [-0.4, -0.2) is 31.2 Å². The molecule has 0 spiro atoms. The van der Waals surface area contributed by atoms with Crippen LogP contribution in [0.15, 0.2) is 11.5 Å². The quantitative estimate of drug-likeness (QED) is 0.746. The third-order valence-electron chi connectivity index (χ3n) is 2.10. The van der Waals surface area contributed by atoms with Gasteiger partial charge in [-0.3, -0.25) is 0 Å².